The van der Waals surface area contributed by atoms with Gasteiger partial charge in [0.25, 0.3) is 0 Å². The standard InChI is InChI=1S/C18H23N3O3/c1-14(24-12-17-6-3-9-23-17)18(22)20-11-15-4-2-5-16(10-15)21-8-7-19-13-21/h2,4-5,7-8,10,13-14,17H,3,6,9,11-12H2,1H3,(H,20,22)/t14-,17-/m0/s1. The molecule has 1 aromatic heterocycles. The highest BCUT2D eigenvalue weighted by Crippen LogP contribution is 2.13. The molecule has 0 radical (unpaired) electrons. The predicted molar refractivity (Wildman–Crippen MR) is 89.8 cm³/mol. The first-order chi connectivity index (χ1) is 11.7. The third-order valence-corrected chi connectivity index (χ3v) is 4.11. The zero-order valence-electron chi connectivity index (χ0n) is 13.9. The van der Waals surface area contributed by atoms with Crippen molar-refractivity contribution in [2.75, 3.05) is 13.2 Å². The number of imidazole rings is 1. The lowest BCUT2D eigenvalue weighted by atomic mass is 10.2. The van der Waals surface area contributed by atoms with Crippen molar-refractivity contribution in [1.29, 1.82) is 0 Å². The van der Waals surface area contributed by atoms with Gasteiger partial charge in [-0.25, -0.2) is 4.98 Å². The lowest BCUT2D eigenvalue weighted by Gasteiger charge is -2.16. The van der Waals surface area contributed by atoms with Crippen LogP contribution in [0.15, 0.2) is 43.0 Å². The minimum atomic E-state index is -0.481. The Morgan fingerprint density at radius 3 is 3.21 bits per heavy atom. The first-order valence-electron chi connectivity index (χ1n) is 8.30. The van der Waals surface area contributed by atoms with Crippen LogP contribution in [0.25, 0.3) is 5.69 Å². The average molecular weight is 329 g/mol. The summed E-state index contributed by atoms with van der Waals surface area (Å²) in [5, 5.41) is 2.92. The van der Waals surface area contributed by atoms with E-state index in [1.54, 1.807) is 19.4 Å². The van der Waals surface area contributed by atoms with Crippen molar-refractivity contribution in [3.63, 3.8) is 0 Å². The molecule has 2 heterocycles. The molecule has 1 saturated heterocycles. The van der Waals surface area contributed by atoms with Crippen LogP contribution in [0, 0.1) is 0 Å². The lowest BCUT2D eigenvalue weighted by molar-refractivity contribution is -0.133. The van der Waals surface area contributed by atoms with E-state index in [0.29, 0.717) is 13.2 Å². The van der Waals surface area contributed by atoms with Gasteiger partial charge in [-0.3, -0.25) is 4.79 Å². The smallest absolute Gasteiger partial charge is 0.249 e. The number of carbonyl (C=O) groups excluding carboxylic acids is 1. The third-order valence-electron chi connectivity index (χ3n) is 4.11. The monoisotopic (exact) mass is 329 g/mol. The van der Waals surface area contributed by atoms with Crippen molar-refractivity contribution in [1.82, 2.24) is 14.9 Å². The van der Waals surface area contributed by atoms with Crippen molar-refractivity contribution in [3.8, 4) is 5.69 Å². The molecule has 2 aromatic rings. The minimum Gasteiger partial charge on any atom is -0.376 e. The summed E-state index contributed by atoms with van der Waals surface area (Å²) in [7, 11) is 0. The zero-order chi connectivity index (χ0) is 16.8. The number of hydrogen-bond acceptors (Lipinski definition) is 4. The molecule has 1 amide bonds. The van der Waals surface area contributed by atoms with Gasteiger partial charge in [0.05, 0.1) is 19.0 Å². The number of amides is 1. The molecule has 1 N–H and O–H groups in total. The van der Waals surface area contributed by atoms with Crippen molar-refractivity contribution in [2.24, 2.45) is 0 Å². The molecule has 0 unspecified atom stereocenters. The van der Waals surface area contributed by atoms with Crippen LogP contribution < -0.4 is 5.32 Å². The number of benzene rings is 1. The third kappa shape index (κ3) is 4.43. The molecule has 1 aromatic carbocycles. The number of carbonyl (C=O) groups is 1. The van der Waals surface area contributed by atoms with Crippen LogP contribution in [-0.2, 0) is 20.8 Å². The van der Waals surface area contributed by atoms with E-state index in [0.717, 1.165) is 30.7 Å². The molecule has 1 aliphatic rings. The SMILES string of the molecule is C[C@H](OC[C@@H]1CCCO1)C(=O)NCc1cccc(-n2ccnc2)c1. The van der Waals surface area contributed by atoms with Crippen LogP contribution in [0.4, 0.5) is 0 Å². The van der Waals surface area contributed by atoms with Crippen LogP contribution in [0.3, 0.4) is 0 Å². The molecule has 6 nitrogen and oxygen atoms in total. The van der Waals surface area contributed by atoms with Crippen molar-refractivity contribution < 1.29 is 14.3 Å². The Hall–Kier alpha value is -2.18. The van der Waals surface area contributed by atoms with Crippen molar-refractivity contribution in [2.45, 2.75) is 38.5 Å². The van der Waals surface area contributed by atoms with E-state index < -0.39 is 6.10 Å². The fraction of sp³-hybridized carbons (Fsp3) is 0.444. The van der Waals surface area contributed by atoms with Gasteiger partial charge in [0.1, 0.15) is 6.10 Å². The maximum absolute atomic E-state index is 12.1. The van der Waals surface area contributed by atoms with E-state index in [1.165, 1.54) is 0 Å². The fourth-order valence-electron chi connectivity index (χ4n) is 2.67. The summed E-state index contributed by atoms with van der Waals surface area (Å²) in [6.07, 6.45) is 7.11. The second-order valence-corrected chi connectivity index (χ2v) is 5.97. The van der Waals surface area contributed by atoms with Crippen LogP contribution in [0.5, 0.6) is 0 Å². The van der Waals surface area contributed by atoms with Gasteiger partial charge < -0.3 is 19.4 Å². The highest BCUT2D eigenvalue weighted by molar-refractivity contribution is 5.80. The molecule has 2 atom stereocenters. The van der Waals surface area contributed by atoms with Crippen LogP contribution >= 0.6 is 0 Å². The van der Waals surface area contributed by atoms with Gasteiger partial charge in [0.15, 0.2) is 0 Å². The number of hydrogen-bond donors (Lipinski definition) is 1. The Morgan fingerprint density at radius 2 is 2.46 bits per heavy atom. The molecule has 0 saturated carbocycles. The second kappa shape index (κ2) is 8.08. The summed E-state index contributed by atoms with van der Waals surface area (Å²) in [4.78, 5) is 16.2. The minimum absolute atomic E-state index is 0.110. The van der Waals surface area contributed by atoms with Gasteiger partial charge in [-0.15, -0.1) is 0 Å². The second-order valence-electron chi connectivity index (χ2n) is 5.97. The number of rotatable bonds is 7. The van der Waals surface area contributed by atoms with Crippen molar-refractivity contribution in [3.05, 3.63) is 48.5 Å². The van der Waals surface area contributed by atoms with Gasteiger partial charge in [-0.05, 0) is 37.5 Å². The Kier molecular flexibility index (Phi) is 5.61. The predicted octanol–water partition coefficient (Wildman–Crippen LogP) is 2.07. The molecule has 6 heteroatoms. The molecule has 0 spiro atoms. The number of ether oxygens (including phenoxy) is 2. The first kappa shape index (κ1) is 16.7. The van der Waals surface area contributed by atoms with Gasteiger partial charge in [-0.1, -0.05) is 12.1 Å². The Balaban J connectivity index is 1.47. The van der Waals surface area contributed by atoms with Crippen molar-refractivity contribution >= 4 is 5.91 Å². The Bertz CT molecular complexity index is 651. The molecule has 128 valence electrons. The summed E-state index contributed by atoms with van der Waals surface area (Å²) in [5.41, 5.74) is 2.04. The van der Waals surface area contributed by atoms with Crippen LogP contribution in [0.2, 0.25) is 0 Å². The molecular formula is C18H23N3O3. The molecule has 1 aliphatic heterocycles. The maximum Gasteiger partial charge on any atom is 0.249 e. The van der Waals surface area contributed by atoms with Gasteiger partial charge >= 0.3 is 0 Å². The number of aromatic nitrogens is 2. The quantitative estimate of drug-likeness (QED) is 0.844. The molecule has 3 rings (SSSR count). The molecule has 24 heavy (non-hydrogen) atoms. The normalized spacial score (nSPS) is 18.5. The van der Waals surface area contributed by atoms with E-state index in [4.69, 9.17) is 9.47 Å². The zero-order valence-corrected chi connectivity index (χ0v) is 13.9. The maximum atomic E-state index is 12.1. The highest BCUT2D eigenvalue weighted by atomic mass is 16.5. The number of nitrogens with zero attached hydrogens (tertiary/aromatic N) is 2. The Morgan fingerprint density at radius 1 is 1.54 bits per heavy atom. The molecule has 1 fully saturated rings. The summed E-state index contributed by atoms with van der Waals surface area (Å²) < 4.78 is 13.0. The average Bonchev–Trinajstić information content (AvgIpc) is 3.31. The molecular weight excluding hydrogens is 306 g/mol. The summed E-state index contributed by atoms with van der Waals surface area (Å²) in [6.45, 7) is 3.51. The summed E-state index contributed by atoms with van der Waals surface area (Å²) in [6, 6.07) is 7.98. The number of nitrogens with one attached hydrogen (secondary N) is 1. The first-order valence-corrected chi connectivity index (χ1v) is 8.30. The molecule has 0 bridgehead atoms. The van der Waals surface area contributed by atoms with E-state index >= 15 is 0 Å². The van der Waals surface area contributed by atoms with E-state index in [-0.39, 0.29) is 12.0 Å². The van der Waals surface area contributed by atoms with Crippen LogP contribution in [0.1, 0.15) is 25.3 Å². The summed E-state index contributed by atoms with van der Waals surface area (Å²) >= 11 is 0. The van der Waals surface area contributed by atoms with Gasteiger partial charge in [0, 0.05) is 31.2 Å². The molecule has 0 aliphatic carbocycles. The topological polar surface area (TPSA) is 65.4 Å². The Labute approximate surface area is 141 Å². The lowest BCUT2D eigenvalue weighted by Crippen LogP contribution is -2.35. The summed E-state index contributed by atoms with van der Waals surface area (Å²) in [5.74, 6) is -0.110. The highest BCUT2D eigenvalue weighted by Gasteiger charge is 2.19. The van der Waals surface area contributed by atoms with E-state index in [2.05, 4.69) is 10.3 Å². The fourth-order valence-corrected chi connectivity index (χ4v) is 2.67. The van der Waals surface area contributed by atoms with Gasteiger partial charge in [-0.2, -0.15) is 0 Å². The largest absolute Gasteiger partial charge is 0.376 e. The van der Waals surface area contributed by atoms with E-state index in [1.807, 2.05) is 35.0 Å². The van der Waals surface area contributed by atoms with Gasteiger partial charge in [0.2, 0.25) is 5.91 Å². The van der Waals surface area contributed by atoms with E-state index in [9.17, 15) is 4.79 Å². The van der Waals surface area contributed by atoms with Crippen LogP contribution in [-0.4, -0.2) is 40.9 Å².